The predicted molar refractivity (Wildman–Crippen MR) is 101 cm³/mol. The maximum atomic E-state index is 6.13. The van der Waals surface area contributed by atoms with Gasteiger partial charge in [-0.2, -0.15) is 5.10 Å². The number of aromatic nitrogens is 1. The Balaban J connectivity index is 2.19. The molecular formula is C17H20Cl3N3. The maximum Gasteiger partial charge on any atom is 0.0935 e. The number of benzene rings is 1. The van der Waals surface area contributed by atoms with Gasteiger partial charge in [-0.25, -0.2) is 0 Å². The molecule has 0 fully saturated rings. The fraction of sp³-hybridized carbons (Fsp3) is 0.353. The van der Waals surface area contributed by atoms with Gasteiger partial charge >= 0.3 is 0 Å². The first-order chi connectivity index (χ1) is 10.8. The Morgan fingerprint density at radius 2 is 1.74 bits per heavy atom. The number of hydrazone groups is 1. The fourth-order valence-corrected chi connectivity index (χ4v) is 3.32. The van der Waals surface area contributed by atoms with Crippen LogP contribution in [-0.2, 0) is 6.54 Å². The standard InChI is InChI=1S/C17H20Cl3N3/c1-10(2)9-23-11(3)5-13(12(23)4)8-21-22-17-15(19)6-14(18)7-16(17)20/h5-8,10,22H,9H2,1-4H3. The molecule has 0 spiro atoms. The molecule has 1 heterocycles. The Morgan fingerprint density at radius 3 is 2.30 bits per heavy atom. The Hall–Kier alpha value is -1.16. The van der Waals surface area contributed by atoms with E-state index in [1.165, 1.54) is 11.4 Å². The first-order valence-corrected chi connectivity index (χ1v) is 8.53. The highest BCUT2D eigenvalue weighted by molar-refractivity contribution is 6.41. The molecular weight excluding hydrogens is 353 g/mol. The van der Waals surface area contributed by atoms with Crippen LogP contribution in [0.5, 0.6) is 0 Å². The number of rotatable bonds is 5. The van der Waals surface area contributed by atoms with Crippen LogP contribution in [0.2, 0.25) is 15.1 Å². The SMILES string of the molecule is Cc1cc(C=NNc2c(Cl)cc(Cl)cc2Cl)c(C)n1CC(C)C. The van der Waals surface area contributed by atoms with Gasteiger partial charge in [0.05, 0.1) is 21.9 Å². The van der Waals surface area contributed by atoms with Crippen LogP contribution < -0.4 is 5.43 Å². The normalized spacial score (nSPS) is 11.7. The van der Waals surface area contributed by atoms with E-state index in [4.69, 9.17) is 34.8 Å². The van der Waals surface area contributed by atoms with Gasteiger partial charge in [-0.1, -0.05) is 48.7 Å². The van der Waals surface area contributed by atoms with E-state index in [0.717, 1.165) is 12.1 Å². The third kappa shape index (κ3) is 4.43. The topological polar surface area (TPSA) is 29.3 Å². The molecule has 0 bridgehead atoms. The van der Waals surface area contributed by atoms with Crippen LogP contribution in [0.25, 0.3) is 0 Å². The molecule has 2 rings (SSSR count). The summed E-state index contributed by atoms with van der Waals surface area (Å²) in [7, 11) is 0. The summed E-state index contributed by atoms with van der Waals surface area (Å²) in [5, 5.41) is 5.62. The van der Waals surface area contributed by atoms with Crippen molar-refractivity contribution in [2.24, 2.45) is 11.0 Å². The Labute approximate surface area is 152 Å². The summed E-state index contributed by atoms with van der Waals surface area (Å²) in [5.74, 6) is 0.592. The average molecular weight is 373 g/mol. The number of hydrogen-bond acceptors (Lipinski definition) is 2. The van der Waals surface area contributed by atoms with E-state index < -0.39 is 0 Å². The van der Waals surface area contributed by atoms with Crippen molar-refractivity contribution in [1.82, 2.24) is 4.57 Å². The first-order valence-electron chi connectivity index (χ1n) is 7.40. The number of nitrogens with zero attached hydrogens (tertiary/aromatic N) is 2. The van der Waals surface area contributed by atoms with Gasteiger partial charge in [-0.3, -0.25) is 5.43 Å². The van der Waals surface area contributed by atoms with Gasteiger partial charge in [-0.15, -0.1) is 0 Å². The molecule has 1 N–H and O–H groups in total. The highest BCUT2D eigenvalue weighted by Gasteiger charge is 2.09. The second-order valence-electron chi connectivity index (χ2n) is 5.95. The first kappa shape index (κ1) is 18.2. The monoisotopic (exact) mass is 371 g/mol. The number of nitrogens with one attached hydrogen (secondary N) is 1. The summed E-state index contributed by atoms with van der Waals surface area (Å²) in [4.78, 5) is 0. The van der Waals surface area contributed by atoms with Crippen LogP contribution in [0.3, 0.4) is 0 Å². The van der Waals surface area contributed by atoms with E-state index >= 15 is 0 Å². The van der Waals surface area contributed by atoms with E-state index in [-0.39, 0.29) is 0 Å². The van der Waals surface area contributed by atoms with E-state index in [1.54, 1.807) is 18.3 Å². The molecule has 0 aliphatic rings. The molecule has 3 nitrogen and oxygen atoms in total. The Bertz CT molecular complexity index is 710. The van der Waals surface area contributed by atoms with Gasteiger partial charge in [0.25, 0.3) is 0 Å². The molecule has 0 aliphatic carbocycles. The van der Waals surface area contributed by atoms with Crippen molar-refractivity contribution < 1.29 is 0 Å². The van der Waals surface area contributed by atoms with E-state index in [9.17, 15) is 0 Å². The Kier molecular flexibility index (Phi) is 6.01. The summed E-state index contributed by atoms with van der Waals surface area (Å²) in [6.07, 6.45) is 1.78. The molecule has 6 heteroatoms. The van der Waals surface area contributed by atoms with Crippen LogP contribution in [-0.4, -0.2) is 10.8 Å². The van der Waals surface area contributed by atoms with Gasteiger partial charge in [0, 0.05) is 28.5 Å². The largest absolute Gasteiger partial charge is 0.348 e. The van der Waals surface area contributed by atoms with E-state index in [1.807, 2.05) is 0 Å². The minimum absolute atomic E-state index is 0.435. The van der Waals surface area contributed by atoms with Crippen molar-refractivity contribution in [1.29, 1.82) is 0 Å². The highest BCUT2D eigenvalue weighted by Crippen LogP contribution is 2.33. The third-order valence-corrected chi connectivity index (χ3v) is 4.36. The number of halogens is 3. The molecule has 124 valence electrons. The van der Waals surface area contributed by atoms with Crippen LogP contribution in [0, 0.1) is 19.8 Å². The van der Waals surface area contributed by atoms with Crippen molar-refractivity contribution in [3.05, 3.63) is 50.2 Å². The van der Waals surface area contributed by atoms with Crippen LogP contribution in [0.4, 0.5) is 5.69 Å². The van der Waals surface area contributed by atoms with Gasteiger partial charge in [0.2, 0.25) is 0 Å². The summed E-state index contributed by atoms with van der Waals surface area (Å²) >= 11 is 18.1. The predicted octanol–water partition coefficient (Wildman–Crippen LogP) is 6.17. The minimum atomic E-state index is 0.435. The zero-order chi connectivity index (χ0) is 17.1. The van der Waals surface area contributed by atoms with Gasteiger partial charge in [-0.05, 0) is 38.0 Å². The smallest absolute Gasteiger partial charge is 0.0935 e. The molecule has 0 unspecified atom stereocenters. The zero-order valence-corrected chi connectivity index (χ0v) is 15.9. The van der Waals surface area contributed by atoms with Crippen LogP contribution >= 0.6 is 34.8 Å². The number of hydrogen-bond donors (Lipinski definition) is 1. The number of aryl methyl sites for hydroxylation is 1. The van der Waals surface area contributed by atoms with Gasteiger partial charge in [0.1, 0.15) is 0 Å². The summed E-state index contributed by atoms with van der Waals surface area (Å²) in [5.41, 5.74) is 6.92. The lowest BCUT2D eigenvalue weighted by Gasteiger charge is -2.11. The molecule has 0 amide bonds. The minimum Gasteiger partial charge on any atom is -0.348 e. The molecule has 0 saturated heterocycles. The molecule has 1 aromatic carbocycles. The average Bonchev–Trinajstić information content (AvgIpc) is 2.69. The number of anilines is 1. The summed E-state index contributed by atoms with van der Waals surface area (Å²) < 4.78 is 2.30. The van der Waals surface area contributed by atoms with Gasteiger partial charge < -0.3 is 4.57 Å². The molecule has 0 radical (unpaired) electrons. The van der Waals surface area contributed by atoms with E-state index in [0.29, 0.717) is 26.7 Å². The summed E-state index contributed by atoms with van der Waals surface area (Å²) in [6.45, 7) is 9.61. The van der Waals surface area contributed by atoms with Crippen molar-refractivity contribution in [3.8, 4) is 0 Å². The summed E-state index contributed by atoms with van der Waals surface area (Å²) in [6, 6.07) is 5.37. The van der Waals surface area contributed by atoms with Crippen LogP contribution in [0.15, 0.2) is 23.3 Å². The molecule has 0 atom stereocenters. The maximum absolute atomic E-state index is 6.13. The molecule has 2 aromatic rings. The second-order valence-corrected chi connectivity index (χ2v) is 7.20. The zero-order valence-electron chi connectivity index (χ0n) is 13.6. The van der Waals surface area contributed by atoms with Crippen molar-refractivity contribution in [3.63, 3.8) is 0 Å². The molecule has 0 saturated carbocycles. The van der Waals surface area contributed by atoms with Crippen molar-refractivity contribution >= 4 is 46.7 Å². The highest BCUT2D eigenvalue weighted by atomic mass is 35.5. The molecule has 23 heavy (non-hydrogen) atoms. The van der Waals surface area contributed by atoms with E-state index in [2.05, 4.69) is 48.9 Å². The van der Waals surface area contributed by atoms with Crippen molar-refractivity contribution in [2.45, 2.75) is 34.2 Å². The lowest BCUT2D eigenvalue weighted by Crippen LogP contribution is -2.08. The fourth-order valence-electron chi connectivity index (χ4n) is 2.42. The molecule has 0 aliphatic heterocycles. The molecule has 1 aromatic heterocycles. The lowest BCUT2D eigenvalue weighted by atomic mass is 10.2. The van der Waals surface area contributed by atoms with Gasteiger partial charge in [0.15, 0.2) is 0 Å². The lowest BCUT2D eigenvalue weighted by molar-refractivity contribution is 0.509. The van der Waals surface area contributed by atoms with Crippen molar-refractivity contribution in [2.75, 3.05) is 5.43 Å². The van der Waals surface area contributed by atoms with Crippen LogP contribution in [0.1, 0.15) is 30.8 Å². The quantitative estimate of drug-likeness (QED) is 0.493. The third-order valence-electron chi connectivity index (χ3n) is 3.55. The second kappa shape index (κ2) is 7.61. The Morgan fingerprint density at radius 1 is 1.13 bits per heavy atom.